The van der Waals surface area contributed by atoms with Gasteiger partial charge in [0.05, 0.1) is 6.61 Å². The van der Waals surface area contributed by atoms with Crippen molar-refractivity contribution >= 4 is 5.97 Å². The van der Waals surface area contributed by atoms with Crippen molar-refractivity contribution in [2.24, 2.45) is 0 Å². The van der Waals surface area contributed by atoms with E-state index in [1.807, 2.05) is 0 Å². The standard InChI is InChI=1S/C6H12O2.2O.Zr/c1-3-4-5-8-6(2)7;;;/h3-5H2,1-2H3;;;/q;2*-2;+4. The molecule has 0 aliphatic carbocycles. The maximum atomic E-state index is 10.1. The zero-order valence-corrected chi connectivity index (χ0v) is 9.21. The summed E-state index contributed by atoms with van der Waals surface area (Å²) in [5.74, 6) is -0.182. The van der Waals surface area contributed by atoms with Crippen LogP contribution >= 0.6 is 0 Å². The van der Waals surface area contributed by atoms with Gasteiger partial charge < -0.3 is 15.7 Å². The minimum atomic E-state index is -0.182. The van der Waals surface area contributed by atoms with Crippen molar-refractivity contribution in [3.63, 3.8) is 0 Å². The van der Waals surface area contributed by atoms with E-state index < -0.39 is 0 Å². The molecular formula is C6H12O4Zr. The molecule has 5 heteroatoms. The van der Waals surface area contributed by atoms with Gasteiger partial charge in [-0.2, -0.15) is 0 Å². The van der Waals surface area contributed by atoms with Gasteiger partial charge in [-0.1, -0.05) is 13.3 Å². The first-order chi connectivity index (χ1) is 3.77. The Morgan fingerprint density at radius 3 is 2.09 bits per heavy atom. The molecule has 11 heavy (non-hydrogen) atoms. The summed E-state index contributed by atoms with van der Waals surface area (Å²) in [6.07, 6.45) is 2.05. The molecular weight excluding hydrogens is 227 g/mol. The smallest absolute Gasteiger partial charge is 2.00 e. The molecule has 0 saturated carbocycles. The van der Waals surface area contributed by atoms with Crippen molar-refractivity contribution < 1.29 is 46.7 Å². The molecule has 0 atom stereocenters. The molecule has 0 radical (unpaired) electrons. The molecule has 0 saturated heterocycles. The second kappa shape index (κ2) is 16.7. The molecule has 0 aromatic carbocycles. The normalized spacial score (nSPS) is 6.36. The van der Waals surface area contributed by atoms with Crippen LogP contribution in [0.3, 0.4) is 0 Å². The fraction of sp³-hybridized carbons (Fsp3) is 0.833. The summed E-state index contributed by atoms with van der Waals surface area (Å²) < 4.78 is 4.64. The van der Waals surface area contributed by atoms with Gasteiger partial charge >= 0.3 is 32.2 Å². The second-order valence-corrected chi connectivity index (χ2v) is 1.69. The molecule has 0 aromatic rings. The predicted molar refractivity (Wildman–Crippen MR) is 32.9 cm³/mol. The van der Waals surface area contributed by atoms with Gasteiger partial charge in [0.25, 0.3) is 0 Å². The number of hydrogen-bond acceptors (Lipinski definition) is 2. The van der Waals surface area contributed by atoms with Crippen LogP contribution < -0.4 is 0 Å². The Hall–Kier alpha value is 0.273. The van der Waals surface area contributed by atoms with Crippen molar-refractivity contribution in [2.75, 3.05) is 6.61 Å². The van der Waals surface area contributed by atoms with Crippen LogP contribution in [0.5, 0.6) is 0 Å². The van der Waals surface area contributed by atoms with Gasteiger partial charge in [-0.15, -0.1) is 0 Å². The van der Waals surface area contributed by atoms with Crippen LogP contribution in [0, 0.1) is 0 Å². The third-order valence-electron chi connectivity index (χ3n) is 0.803. The molecule has 0 aromatic heterocycles. The number of rotatable bonds is 3. The SMILES string of the molecule is CCCCOC(C)=O.[O-2].[O-2].[Zr+4]. The van der Waals surface area contributed by atoms with Crippen LogP contribution in [0.15, 0.2) is 0 Å². The van der Waals surface area contributed by atoms with Gasteiger partial charge in [0.1, 0.15) is 0 Å². The monoisotopic (exact) mass is 238 g/mol. The van der Waals surface area contributed by atoms with E-state index >= 15 is 0 Å². The Morgan fingerprint density at radius 2 is 1.82 bits per heavy atom. The van der Waals surface area contributed by atoms with Gasteiger partial charge in [0.2, 0.25) is 0 Å². The van der Waals surface area contributed by atoms with E-state index in [0.717, 1.165) is 12.8 Å². The Balaban J connectivity index is -0.0000000817. The molecule has 4 nitrogen and oxygen atoms in total. The van der Waals surface area contributed by atoms with Gasteiger partial charge in [0, 0.05) is 6.92 Å². The van der Waals surface area contributed by atoms with E-state index in [0.29, 0.717) is 6.61 Å². The zero-order chi connectivity index (χ0) is 6.41. The predicted octanol–water partition coefficient (Wildman–Crippen LogP) is 1.11. The van der Waals surface area contributed by atoms with Crippen molar-refractivity contribution in [3.05, 3.63) is 0 Å². The Kier molecular flexibility index (Phi) is 34.1. The minimum Gasteiger partial charge on any atom is -2.00 e. The third-order valence-corrected chi connectivity index (χ3v) is 0.803. The summed E-state index contributed by atoms with van der Waals surface area (Å²) in [6.45, 7) is 4.06. The number of esters is 1. The number of hydrogen-bond donors (Lipinski definition) is 0. The number of ether oxygens (including phenoxy) is 1. The first kappa shape index (κ1) is 22.5. The molecule has 0 fully saturated rings. The van der Waals surface area contributed by atoms with Gasteiger partial charge in [-0.05, 0) is 6.42 Å². The first-order valence-electron chi connectivity index (χ1n) is 2.90. The van der Waals surface area contributed by atoms with Crippen LogP contribution in [-0.4, -0.2) is 12.6 Å². The van der Waals surface area contributed by atoms with E-state index in [4.69, 9.17) is 0 Å². The Bertz CT molecular complexity index is 77.0. The van der Waals surface area contributed by atoms with Crippen molar-refractivity contribution in [3.8, 4) is 0 Å². The van der Waals surface area contributed by atoms with Crippen LogP contribution in [0.1, 0.15) is 26.7 Å². The summed E-state index contributed by atoms with van der Waals surface area (Å²) in [5, 5.41) is 0. The van der Waals surface area contributed by atoms with E-state index in [2.05, 4.69) is 11.7 Å². The molecule has 0 N–H and O–H groups in total. The van der Waals surface area contributed by atoms with Crippen molar-refractivity contribution in [1.29, 1.82) is 0 Å². The fourth-order valence-electron chi connectivity index (χ4n) is 0.360. The number of carbonyl (C=O) groups excluding carboxylic acids is 1. The molecule has 0 spiro atoms. The summed E-state index contributed by atoms with van der Waals surface area (Å²) in [6, 6.07) is 0. The molecule has 0 aliphatic heterocycles. The molecule has 0 amide bonds. The van der Waals surface area contributed by atoms with Crippen molar-refractivity contribution in [1.82, 2.24) is 0 Å². The quantitative estimate of drug-likeness (QED) is 0.546. The zero-order valence-electron chi connectivity index (χ0n) is 6.75. The number of unbranched alkanes of at least 4 members (excludes halogenated alkanes) is 1. The molecule has 0 bridgehead atoms. The summed E-state index contributed by atoms with van der Waals surface area (Å²) in [7, 11) is 0. The van der Waals surface area contributed by atoms with Crippen molar-refractivity contribution in [2.45, 2.75) is 26.7 Å². The third kappa shape index (κ3) is 25.3. The van der Waals surface area contributed by atoms with Gasteiger partial charge in [-0.25, -0.2) is 0 Å². The Morgan fingerprint density at radius 1 is 1.36 bits per heavy atom. The van der Waals surface area contributed by atoms with Crippen LogP contribution in [0.2, 0.25) is 0 Å². The summed E-state index contributed by atoms with van der Waals surface area (Å²) in [5.41, 5.74) is 0. The average Bonchev–Trinajstić information content (AvgIpc) is 1.66. The van der Waals surface area contributed by atoms with Gasteiger partial charge in [-0.3, -0.25) is 4.79 Å². The molecule has 0 heterocycles. The molecule has 0 unspecified atom stereocenters. The average molecular weight is 239 g/mol. The fourth-order valence-corrected chi connectivity index (χ4v) is 0.360. The van der Waals surface area contributed by atoms with E-state index in [-0.39, 0.29) is 43.1 Å². The number of carbonyl (C=O) groups is 1. The summed E-state index contributed by atoms with van der Waals surface area (Å²) >= 11 is 0. The molecule has 64 valence electrons. The first-order valence-corrected chi connectivity index (χ1v) is 2.90. The van der Waals surface area contributed by atoms with E-state index in [1.54, 1.807) is 0 Å². The second-order valence-electron chi connectivity index (χ2n) is 1.69. The van der Waals surface area contributed by atoms with E-state index in [1.165, 1.54) is 6.92 Å². The van der Waals surface area contributed by atoms with Crippen LogP contribution in [0.4, 0.5) is 0 Å². The maximum absolute atomic E-state index is 10.1. The largest absolute Gasteiger partial charge is 4.00 e. The molecule has 0 rings (SSSR count). The molecule has 0 aliphatic rings. The topological polar surface area (TPSA) is 83.3 Å². The summed E-state index contributed by atoms with van der Waals surface area (Å²) in [4.78, 5) is 10.1. The van der Waals surface area contributed by atoms with Crippen LogP contribution in [-0.2, 0) is 46.7 Å². The Labute approximate surface area is 86.0 Å². The van der Waals surface area contributed by atoms with Gasteiger partial charge in [0.15, 0.2) is 0 Å². The van der Waals surface area contributed by atoms with Crippen LogP contribution in [0.25, 0.3) is 0 Å². The maximum Gasteiger partial charge on any atom is 4.00 e. The van der Waals surface area contributed by atoms with E-state index in [9.17, 15) is 4.79 Å². The minimum absolute atomic E-state index is 0.